The van der Waals surface area contributed by atoms with Gasteiger partial charge in [0.2, 0.25) is 11.8 Å². The number of amides is 2. The van der Waals surface area contributed by atoms with Gasteiger partial charge in [-0.2, -0.15) is 11.8 Å². The summed E-state index contributed by atoms with van der Waals surface area (Å²) in [6.45, 7) is 0.535. The van der Waals surface area contributed by atoms with Crippen molar-refractivity contribution in [2.45, 2.75) is 24.9 Å². The van der Waals surface area contributed by atoms with Crippen molar-refractivity contribution in [1.82, 2.24) is 5.32 Å². The number of nitrogens with two attached hydrogens (primary N) is 1. The van der Waals surface area contributed by atoms with Crippen LogP contribution in [-0.4, -0.2) is 42.5 Å². The predicted molar refractivity (Wildman–Crippen MR) is 98.6 cm³/mol. The van der Waals surface area contributed by atoms with Gasteiger partial charge in [-0.25, -0.2) is 0 Å². The van der Waals surface area contributed by atoms with Crippen LogP contribution in [0, 0.1) is 0 Å². The van der Waals surface area contributed by atoms with Crippen LogP contribution in [0.1, 0.15) is 12.8 Å². The first-order chi connectivity index (χ1) is 10.5. The third-order valence-electron chi connectivity index (χ3n) is 3.63. The highest BCUT2D eigenvalue weighted by Crippen LogP contribution is 2.28. The summed E-state index contributed by atoms with van der Waals surface area (Å²) in [7, 11) is 0. The average Bonchev–Trinajstić information content (AvgIpc) is 2.86. The summed E-state index contributed by atoms with van der Waals surface area (Å²) in [6, 6.07) is 6.09. The highest BCUT2D eigenvalue weighted by Gasteiger charge is 2.35. The van der Waals surface area contributed by atoms with Gasteiger partial charge < -0.3 is 16.0 Å². The summed E-state index contributed by atoms with van der Waals surface area (Å²) in [5, 5.41) is 3.28. The summed E-state index contributed by atoms with van der Waals surface area (Å²) in [4.78, 5) is 26.1. The largest absolute Gasteiger partial charge is 0.343 e. The lowest BCUT2D eigenvalue weighted by atomic mass is 10.2. The smallest absolute Gasteiger partial charge is 0.249 e. The summed E-state index contributed by atoms with van der Waals surface area (Å²) in [5.41, 5.74) is 6.50. The normalized spacial score (nSPS) is 18.5. The molecule has 0 saturated carbocycles. The SMILES string of the molecule is CSCC[C@H](N)C(=O)NC1CCN(c2ccccc2Cl)C1=O.Cl. The van der Waals surface area contributed by atoms with E-state index in [1.165, 1.54) is 0 Å². The minimum absolute atomic E-state index is 0. The summed E-state index contributed by atoms with van der Waals surface area (Å²) in [6.07, 6.45) is 3.12. The van der Waals surface area contributed by atoms with Gasteiger partial charge >= 0.3 is 0 Å². The molecule has 0 spiro atoms. The highest BCUT2D eigenvalue weighted by atomic mass is 35.5. The van der Waals surface area contributed by atoms with Crippen LogP contribution < -0.4 is 16.0 Å². The Kier molecular flexibility index (Phi) is 8.19. The van der Waals surface area contributed by atoms with E-state index < -0.39 is 12.1 Å². The number of nitrogens with zero attached hydrogens (tertiary/aromatic N) is 1. The molecule has 0 bridgehead atoms. The Morgan fingerprint density at radius 2 is 2.22 bits per heavy atom. The zero-order chi connectivity index (χ0) is 16.1. The molecule has 1 aliphatic heterocycles. The monoisotopic (exact) mass is 377 g/mol. The Bertz CT molecular complexity index is 559. The zero-order valence-corrected chi connectivity index (χ0v) is 15.2. The quantitative estimate of drug-likeness (QED) is 0.795. The van der Waals surface area contributed by atoms with Gasteiger partial charge in [0.15, 0.2) is 0 Å². The van der Waals surface area contributed by atoms with E-state index in [-0.39, 0.29) is 24.2 Å². The topological polar surface area (TPSA) is 75.4 Å². The Morgan fingerprint density at radius 1 is 1.52 bits per heavy atom. The second-order valence-electron chi connectivity index (χ2n) is 5.18. The lowest BCUT2D eigenvalue weighted by Crippen LogP contribution is -2.48. The Hall–Kier alpha value is -0.950. The van der Waals surface area contributed by atoms with E-state index in [1.54, 1.807) is 28.8 Å². The maximum absolute atomic E-state index is 12.4. The van der Waals surface area contributed by atoms with Crippen molar-refractivity contribution in [3.8, 4) is 0 Å². The molecule has 128 valence electrons. The van der Waals surface area contributed by atoms with Crippen LogP contribution in [0.25, 0.3) is 0 Å². The molecule has 1 aromatic carbocycles. The number of anilines is 1. The third-order valence-corrected chi connectivity index (χ3v) is 4.60. The average molecular weight is 378 g/mol. The Balaban J connectivity index is 0.00000264. The number of halogens is 2. The van der Waals surface area contributed by atoms with E-state index in [1.807, 2.05) is 18.4 Å². The molecule has 1 saturated heterocycles. The molecular weight excluding hydrogens is 357 g/mol. The van der Waals surface area contributed by atoms with Gasteiger partial charge in [-0.15, -0.1) is 12.4 Å². The molecule has 2 atom stereocenters. The number of nitrogens with one attached hydrogen (secondary N) is 1. The molecule has 0 aromatic heterocycles. The molecule has 23 heavy (non-hydrogen) atoms. The Labute approximate surface area is 151 Å². The molecule has 2 rings (SSSR count). The number of hydrogen-bond acceptors (Lipinski definition) is 4. The number of para-hydroxylation sites is 1. The second kappa shape index (κ2) is 9.37. The van der Waals surface area contributed by atoms with Crippen molar-refractivity contribution >= 4 is 53.3 Å². The lowest BCUT2D eigenvalue weighted by molar-refractivity contribution is -0.127. The van der Waals surface area contributed by atoms with E-state index in [0.717, 1.165) is 5.75 Å². The van der Waals surface area contributed by atoms with Crippen LogP contribution in [0.5, 0.6) is 0 Å². The summed E-state index contributed by atoms with van der Waals surface area (Å²) in [5.74, 6) is 0.408. The minimum atomic E-state index is -0.574. The summed E-state index contributed by atoms with van der Waals surface area (Å²) < 4.78 is 0. The molecule has 0 aliphatic carbocycles. The number of carbonyl (C=O) groups is 2. The second-order valence-corrected chi connectivity index (χ2v) is 6.57. The van der Waals surface area contributed by atoms with Crippen molar-refractivity contribution in [2.24, 2.45) is 5.73 Å². The van der Waals surface area contributed by atoms with E-state index in [2.05, 4.69) is 5.32 Å². The first-order valence-corrected chi connectivity index (χ1v) is 8.92. The minimum Gasteiger partial charge on any atom is -0.343 e. The van der Waals surface area contributed by atoms with Gasteiger partial charge in [-0.05, 0) is 37.0 Å². The Morgan fingerprint density at radius 3 is 2.87 bits per heavy atom. The van der Waals surface area contributed by atoms with Gasteiger partial charge in [-0.1, -0.05) is 23.7 Å². The number of carbonyl (C=O) groups excluding carboxylic acids is 2. The molecule has 1 aromatic rings. The first kappa shape index (κ1) is 20.1. The molecule has 3 N–H and O–H groups in total. The first-order valence-electron chi connectivity index (χ1n) is 7.15. The zero-order valence-electron chi connectivity index (χ0n) is 12.8. The van der Waals surface area contributed by atoms with Crippen molar-refractivity contribution in [2.75, 3.05) is 23.5 Å². The van der Waals surface area contributed by atoms with E-state index in [0.29, 0.717) is 30.1 Å². The van der Waals surface area contributed by atoms with E-state index in [4.69, 9.17) is 17.3 Å². The van der Waals surface area contributed by atoms with Gasteiger partial charge in [0.05, 0.1) is 16.8 Å². The van der Waals surface area contributed by atoms with Crippen LogP contribution in [0.3, 0.4) is 0 Å². The van der Waals surface area contributed by atoms with Crippen LogP contribution in [-0.2, 0) is 9.59 Å². The molecule has 2 amide bonds. The van der Waals surface area contributed by atoms with E-state index in [9.17, 15) is 9.59 Å². The molecule has 5 nitrogen and oxygen atoms in total. The molecular formula is C15H21Cl2N3O2S. The molecule has 1 unspecified atom stereocenters. The van der Waals surface area contributed by atoms with Crippen LogP contribution >= 0.6 is 35.8 Å². The predicted octanol–water partition coefficient (Wildman–Crippen LogP) is 2.06. The number of benzene rings is 1. The molecule has 8 heteroatoms. The lowest BCUT2D eigenvalue weighted by Gasteiger charge is -2.19. The maximum atomic E-state index is 12.4. The van der Waals surface area contributed by atoms with Gasteiger partial charge in [-0.3, -0.25) is 9.59 Å². The number of rotatable bonds is 6. The maximum Gasteiger partial charge on any atom is 0.249 e. The van der Waals surface area contributed by atoms with Gasteiger partial charge in [0.1, 0.15) is 6.04 Å². The third kappa shape index (κ3) is 5.01. The number of hydrogen-bond donors (Lipinski definition) is 2. The van der Waals surface area contributed by atoms with Crippen molar-refractivity contribution in [1.29, 1.82) is 0 Å². The fraction of sp³-hybridized carbons (Fsp3) is 0.467. The molecule has 1 fully saturated rings. The number of thioether (sulfide) groups is 1. The van der Waals surface area contributed by atoms with Crippen LogP contribution in [0.2, 0.25) is 5.02 Å². The van der Waals surface area contributed by atoms with Crippen molar-refractivity contribution in [3.05, 3.63) is 29.3 Å². The molecule has 1 aliphatic rings. The standard InChI is InChI=1S/C15H20ClN3O2S.ClH/c1-22-9-7-11(17)14(20)18-12-6-8-19(15(12)21)13-5-3-2-4-10(13)16;/h2-5,11-12H,6-9,17H2,1H3,(H,18,20);1H/t11-,12?;/m0./s1. The van der Waals surface area contributed by atoms with E-state index >= 15 is 0 Å². The van der Waals surface area contributed by atoms with Crippen molar-refractivity contribution in [3.63, 3.8) is 0 Å². The summed E-state index contributed by atoms with van der Waals surface area (Å²) >= 11 is 7.77. The fourth-order valence-electron chi connectivity index (χ4n) is 2.38. The fourth-order valence-corrected chi connectivity index (χ4v) is 3.11. The van der Waals surface area contributed by atoms with Crippen LogP contribution in [0.4, 0.5) is 5.69 Å². The van der Waals surface area contributed by atoms with Crippen molar-refractivity contribution < 1.29 is 9.59 Å². The highest BCUT2D eigenvalue weighted by molar-refractivity contribution is 7.98. The molecule has 0 radical (unpaired) electrons. The van der Waals surface area contributed by atoms with Gasteiger partial charge in [0, 0.05) is 6.54 Å². The molecule has 1 heterocycles. The van der Waals surface area contributed by atoms with Gasteiger partial charge in [0.25, 0.3) is 0 Å². The van der Waals surface area contributed by atoms with Crippen LogP contribution in [0.15, 0.2) is 24.3 Å².